The Kier molecular flexibility index (Phi) is 5.36. The van der Waals surface area contributed by atoms with Gasteiger partial charge in [-0.2, -0.15) is 0 Å². The molecule has 28 heavy (non-hydrogen) atoms. The lowest BCUT2D eigenvalue weighted by atomic mass is 10.0. The number of aromatic nitrogens is 2. The van der Waals surface area contributed by atoms with Gasteiger partial charge in [-0.1, -0.05) is 13.5 Å². The fourth-order valence-corrected chi connectivity index (χ4v) is 4.58. The van der Waals surface area contributed by atoms with Crippen molar-refractivity contribution in [3.63, 3.8) is 0 Å². The first kappa shape index (κ1) is 18.9. The minimum absolute atomic E-state index is 0.176. The maximum absolute atomic E-state index is 6.43. The van der Waals surface area contributed by atoms with E-state index in [0.29, 0.717) is 12.0 Å². The monoisotopic (exact) mass is 378 g/mol. The van der Waals surface area contributed by atoms with Crippen LogP contribution in [-0.2, 0) is 13.0 Å². The second-order valence-corrected chi connectivity index (χ2v) is 8.06. The van der Waals surface area contributed by atoms with Gasteiger partial charge < -0.3 is 14.6 Å². The lowest BCUT2D eigenvalue weighted by Gasteiger charge is -2.22. The highest BCUT2D eigenvalue weighted by Crippen LogP contribution is 2.42. The van der Waals surface area contributed by atoms with Gasteiger partial charge in [0.15, 0.2) is 0 Å². The van der Waals surface area contributed by atoms with Gasteiger partial charge in [-0.05, 0) is 62.4 Å². The fraction of sp³-hybridized carbons (Fsp3) is 0.478. The summed E-state index contributed by atoms with van der Waals surface area (Å²) in [7, 11) is 0. The molecule has 1 saturated carbocycles. The SMILES string of the molecule is C=C(C)c1ccn(C2CC(Oc3nccc4c3CNCC4)CC2C)c1N=CC. The molecular weight excluding hydrogens is 348 g/mol. The molecule has 5 heteroatoms. The summed E-state index contributed by atoms with van der Waals surface area (Å²) in [6.45, 7) is 12.3. The maximum Gasteiger partial charge on any atom is 0.218 e. The topological polar surface area (TPSA) is 51.4 Å². The van der Waals surface area contributed by atoms with Crippen molar-refractivity contribution in [2.45, 2.75) is 58.7 Å². The van der Waals surface area contributed by atoms with Gasteiger partial charge in [0, 0.05) is 48.7 Å². The smallest absolute Gasteiger partial charge is 0.218 e. The van der Waals surface area contributed by atoms with Crippen molar-refractivity contribution in [3.05, 3.63) is 47.8 Å². The van der Waals surface area contributed by atoms with Crippen LogP contribution in [0.3, 0.4) is 0 Å². The molecule has 2 aromatic heterocycles. The molecule has 1 N–H and O–H groups in total. The van der Waals surface area contributed by atoms with Crippen molar-refractivity contribution in [2.24, 2.45) is 10.9 Å². The number of ether oxygens (including phenoxy) is 1. The predicted octanol–water partition coefficient (Wildman–Crippen LogP) is 4.70. The van der Waals surface area contributed by atoms with Crippen LogP contribution in [0.25, 0.3) is 5.57 Å². The standard InChI is InChI=1S/C23H30N4O/c1-5-25-22-19(15(2)3)8-11-27(22)21-13-18(12-16(21)4)28-23-20-14-24-9-6-17(20)7-10-26-23/h5,7-8,10-11,16,18,21,24H,2,6,9,12-14H2,1,3-4H3. The highest BCUT2D eigenvalue weighted by molar-refractivity contribution is 5.73. The van der Waals surface area contributed by atoms with E-state index in [0.717, 1.165) is 55.2 Å². The highest BCUT2D eigenvalue weighted by atomic mass is 16.5. The van der Waals surface area contributed by atoms with E-state index in [1.165, 1.54) is 11.1 Å². The Labute approximate surface area is 167 Å². The van der Waals surface area contributed by atoms with Crippen molar-refractivity contribution in [1.82, 2.24) is 14.9 Å². The van der Waals surface area contributed by atoms with Crippen LogP contribution in [0.4, 0.5) is 5.82 Å². The Bertz CT molecular complexity index is 898. The first-order valence-corrected chi connectivity index (χ1v) is 10.3. The van der Waals surface area contributed by atoms with Crippen LogP contribution in [0.5, 0.6) is 5.88 Å². The Hall–Kier alpha value is -2.40. The molecule has 3 atom stereocenters. The largest absolute Gasteiger partial charge is 0.474 e. The molecule has 2 aliphatic rings. The summed E-state index contributed by atoms with van der Waals surface area (Å²) < 4.78 is 8.74. The summed E-state index contributed by atoms with van der Waals surface area (Å²) >= 11 is 0. The van der Waals surface area contributed by atoms with E-state index in [2.05, 4.69) is 51.7 Å². The molecule has 148 valence electrons. The zero-order valence-corrected chi connectivity index (χ0v) is 17.1. The van der Waals surface area contributed by atoms with E-state index in [1.807, 2.05) is 26.3 Å². The van der Waals surface area contributed by atoms with E-state index in [1.54, 1.807) is 0 Å². The van der Waals surface area contributed by atoms with Gasteiger partial charge in [0.2, 0.25) is 5.88 Å². The van der Waals surface area contributed by atoms with Gasteiger partial charge in [-0.3, -0.25) is 0 Å². The van der Waals surface area contributed by atoms with Gasteiger partial charge >= 0.3 is 0 Å². The summed E-state index contributed by atoms with van der Waals surface area (Å²) in [4.78, 5) is 9.20. The van der Waals surface area contributed by atoms with Crippen LogP contribution < -0.4 is 10.1 Å². The number of allylic oxidation sites excluding steroid dienone is 1. The van der Waals surface area contributed by atoms with Crippen LogP contribution in [0, 0.1) is 5.92 Å². The number of fused-ring (bicyclic) bond motifs is 1. The molecule has 1 aliphatic carbocycles. The number of nitrogens with one attached hydrogen (secondary N) is 1. The van der Waals surface area contributed by atoms with E-state index < -0.39 is 0 Å². The van der Waals surface area contributed by atoms with E-state index in [9.17, 15) is 0 Å². The molecule has 0 saturated heterocycles. The molecule has 3 heterocycles. The Morgan fingerprint density at radius 3 is 3.04 bits per heavy atom. The molecule has 5 nitrogen and oxygen atoms in total. The summed E-state index contributed by atoms with van der Waals surface area (Å²) in [5.41, 5.74) is 4.76. The minimum atomic E-state index is 0.176. The van der Waals surface area contributed by atoms with Crippen LogP contribution in [0.1, 0.15) is 56.3 Å². The molecule has 1 aliphatic heterocycles. The van der Waals surface area contributed by atoms with Crippen LogP contribution in [0.2, 0.25) is 0 Å². The Morgan fingerprint density at radius 2 is 2.25 bits per heavy atom. The Balaban J connectivity index is 1.56. The van der Waals surface area contributed by atoms with Crippen LogP contribution in [-0.4, -0.2) is 28.4 Å². The van der Waals surface area contributed by atoms with E-state index in [4.69, 9.17) is 4.74 Å². The molecule has 3 unspecified atom stereocenters. The summed E-state index contributed by atoms with van der Waals surface area (Å²) in [6.07, 6.45) is 9.12. The van der Waals surface area contributed by atoms with Gasteiger partial charge in [0.05, 0.1) is 0 Å². The lowest BCUT2D eigenvalue weighted by molar-refractivity contribution is 0.191. The Morgan fingerprint density at radius 1 is 1.39 bits per heavy atom. The molecule has 0 amide bonds. The second kappa shape index (κ2) is 7.92. The molecular formula is C23H30N4O. The quantitative estimate of drug-likeness (QED) is 0.767. The molecule has 0 aromatic carbocycles. The number of nitrogens with zero attached hydrogens (tertiary/aromatic N) is 3. The zero-order valence-electron chi connectivity index (χ0n) is 17.1. The first-order valence-electron chi connectivity index (χ1n) is 10.3. The lowest BCUT2D eigenvalue weighted by Crippen LogP contribution is -2.25. The number of aliphatic imine (C=N–C) groups is 1. The maximum atomic E-state index is 6.43. The minimum Gasteiger partial charge on any atom is -0.474 e. The number of pyridine rings is 1. The summed E-state index contributed by atoms with van der Waals surface area (Å²) in [5.74, 6) is 2.33. The van der Waals surface area contributed by atoms with Crippen molar-refractivity contribution >= 4 is 17.6 Å². The van der Waals surface area contributed by atoms with E-state index in [-0.39, 0.29) is 6.10 Å². The van der Waals surface area contributed by atoms with Crippen molar-refractivity contribution in [3.8, 4) is 5.88 Å². The molecule has 1 fully saturated rings. The normalized spacial score (nSPS) is 24.5. The van der Waals surface area contributed by atoms with Gasteiger partial charge in [0.1, 0.15) is 11.9 Å². The molecule has 0 radical (unpaired) electrons. The third-order valence-electron chi connectivity index (χ3n) is 6.02. The van der Waals surface area contributed by atoms with Crippen molar-refractivity contribution < 1.29 is 4.74 Å². The number of hydrogen-bond acceptors (Lipinski definition) is 4. The highest BCUT2D eigenvalue weighted by Gasteiger charge is 2.35. The number of rotatable bonds is 5. The zero-order chi connectivity index (χ0) is 19.7. The van der Waals surface area contributed by atoms with Crippen LogP contribution in [0.15, 0.2) is 36.1 Å². The molecule has 0 bridgehead atoms. The van der Waals surface area contributed by atoms with E-state index >= 15 is 0 Å². The molecule has 4 rings (SSSR count). The first-order chi connectivity index (χ1) is 13.6. The third kappa shape index (κ3) is 3.51. The average molecular weight is 379 g/mol. The fourth-order valence-electron chi connectivity index (χ4n) is 4.58. The summed E-state index contributed by atoms with van der Waals surface area (Å²) in [6, 6.07) is 4.62. The molecule has 2 aromatic rings. The summed E-state index contributed by atoms with van der Waals surface area (Å²) in [5, 5.41) is 3.44. The average Bonchev–Trinajstić information content (AvgIpc) is 3.25. The van der Waals surface area contributed by atoms with Gasteiger partial charge in [0.25, 0.3) is 0 Å². The predicted molar refractivity (Wildman–Crippen MR) is 114 cm³/mol. The third-order valence-corrected chi connectivity index (χ3v) is 6.02. The van der Waals surface area contributed by atoms with Crippen molar-refractivity contribution in [2.75, 3.05) is 6.54 Å². The van der Waals surface area contributed by atoms with Gasteiger partial charge in [-0.15, -0.1) is 0 Å². The van der Waals surface area contributed by atoms with Gasteiger partial charge in [-0.25, -0.2) is 9.98 Å². The molecule has 0 spiro atoms. The second-order valence-electron chi connectivity index (χ2n) is 8.06. The van der Waals surface area contributed by atoms with Crippen molar-refractivity contribution in [1.29, 1.82) is 0 Å². The van der Waals surface area contributed by atoms with Crippen LogP contribution >= 0.6 is 0 Å². The number of hydrogen-bond donors (Lipinski definition) is 1.